The van der Waals surface area contributed by atoms with Crippen LogP contribution in [0.3, 0.4) is 0 Å². The maximum atomic E-state index is 12.4. The Kier molecular flexibility index (Phi) is 4.08. The van der Waals surface area contributed by atoms with E-state index in [9.17, 15) is 9.59 Å². The molecule has 2 aliphatic heterocycles. The number of halogens is 1. The third-order valence-corrected chi connectivity index (χ3v) is 4.20. The van der Waals surface area contributed by atoms with Gasteiger partial charge < -0.3 is 4.74 Å². The number of hydrogen-bond donors (Lipinski definition) is 0. The monoisotopic (exact) mass is 305 g/mol. The highest BCUT2D eigenvalue weighted by Gasteiger charge is 2.33. The van der Waals surface area contributed by atoms with Gasteiger partial charge in [0.1, 0.15) is 0 Å². The largest absolute Gasteiger partial charge is 0.381 e. The van der Waals surface area contributed by atoms with Crippen LogP contribution in [-0.2, 0) is 14.3 Å². The van der Waals surface area contributed by atoms with Crippen LogP contribution in [-0.4, -0.2) is 36.5 Å². The van der Waals surface area contributed by atoms with E-state index in [1.54, 1.807) is 24.3 Å². The Morgan fingerprint density at radius 2 is 1.81 bits per heavy atom. The van der Waals surface area contributed by atoms with E-state index in [1.165, 1.54) is 11.0 Å². The Balaban J connectivity index is 1.74. The summed E-state index contributed by atoms with van der Waals surface area (Å²) in [5.74, 6) is -0.102. The van der Waals surface area contributed by atoms with Gasteiger partial charge in [0.25, 0.3) is 11.8 Å². The smallest absolute Gasteiger partial charge is 0.261 e. The third kappa shape index (κ3) is 3.01. The van der Waals surface area contributed by atoms with Crippen molar-refractivity contribution in [1.82, 2.24) is 4.90 Å². The molecule has 0 saturated carbocycles. The van der Waals surface area contributed by atoms with Gasteiger partial charge in [-0.2, -0.15) is 0 Å². The number of rotatable bonds is 3. The molecule has 0 bridgehead atoms. The molecule has 0 unspecified atom stereocenters. The summed E-state index contributed by atoms with van der Waals surface area (Å²) in [5.41, 5.74) is 1.18. The molecule has 1 aromatic carbocycles. The van der Waals surface area contributed by atoms with Crippen molar-refractivity contribution in [2.24, 2.45) is 5.92 Å². The highest BCUT2D eigenvalue weighted by Crippen LogP contribution is 2.27. The molecule has 0 N–H and O–H groups in total. The van der Waals surface area contributed by atoms with Gasteiger partial charge in [-0.1, -0.05) is 23.7 Å². The summed E-state index contributed by atoms with van der Waals surface area (Å²) >= 11 is 5.85. The first-order chi connectivity index (χ1) is 10.1. The lowest BCUT2D eigenvalue weighted by atomic mass is 9.99. The van der Waals surface area contributed by atoms with Crippen LogP contribution >= 0.6 is 11.6 Å². The van der Waals surface area contributed by atoms with Crippen LogP contribution in [0.25, 0.3) is 5.57 Å². The number of amides is 2. The first kappa shape index (κ1) is 14.3. The Hall–Kier alpha value is -1.65. The topological polar surface area (TPSA) is 46.6 Å². The summed E-state index contributed by atoms with van der Waals surface area (Å²) in [7, 11) is 0. The van der Waals surface area contributed by atoms with Gasteiger partial charge >= 0.3 is 0 Å². The molecule has 1 fully saturated rings. The zero-order chi connectivity index (χ0) is 14.8. The molecule has 0 aromatic heterocycles. The van der Waals surface area contributed by atoms with E-state index >= 15 is 0 Å². The van der Waals surface area contributed by atoms with Gasteiger partial charge in [-0.25, -0.2) is 0 Å². The van der Waals surface area contributed by atoms with Crippen LogP contribution in [0.2, 0.25) is 5.02 Å². The number of hydrogen-bond acceptors (Lipinski definition) is 3. The van der Waals surface area contributed by atoms with E-state index in [1.807, 2.05) is 0 Å². The van der Waals surface area contributed by atoms with Crippen molar-refractivity contribution in [3.05, 3.63) is 40.9 Å². The zero-order valence-corrected chi connectivity index (χ0v) is 12.3. The van der Waals surface area contributed by atoms with Crippen molar-refractivity contribution in [3.8, 4) is 0 Å². The second kappa shape index (κ2) is 6.00. The van der Waals surface area contributed by atoms with Gasteiger partial charge in [-0.15, -0.1) is 0 Å². The SMILES string of the molecule is O=C1C=C(c2ccc(Cl)cc2)C(=O)N1CC1CCOCC1. The molecule has 0 atom stereocenters. The van der Waals surface area contributed by atoms with Crippen molar-refractivity contribution < 1.29 is 14.3 Å². The molecule has 5 heteroatoms. The van der Waals surface area contributed by atoms with Crippen LogP contribution in [0.1, 0.15) is 18.4 Å². The Bertz CT molecular complexity index is 588. The van der Waals surface area contributed by atoms with Gasteiger partial charge in [0.15, 0.2) is 0 Å². The van der Waals surface area contributed by atoms with E-state index in [2.05, 4.69) is 0 Å². The maximum Gasteiger partial charge on any atom is 0.261 e. The van der Waals surface area contributed by atoms with E-state index in [4.69, 9.17) is 16.3 Å². The Labute approximate surface area is 128 Å². The minimum absolute atomic E-state index is 0.214. The first-order valence-corrected chi connectivity index (χ1v) is 7.44. The number of imide groups is 1. The van der Waals surface area contributed by atoms with Crippen molar-refractivity contribution in [3.63, 3.8) is 0 Å². The second-order valence-electron chi connectivity index (χ2n) is 5.37. The average Bonchev–Trinajstić information content (AvgIpc) is 2.77. The normalized spacial score (nSPS) is 20.0. The molecular weight excluding hydrogens is 290 g/mol. The van der Waals surface area contributed by atoms with Gasteiger partial charge in [-0.3, -0.25) is 14.5 Å². The molecular formula is C16H16ClNO3. The van der Waals surface area contributed by atoms with Crippen LogP contribution in [0, 0.1) is 5.92 Å². The highest BCUT2D eigenvalue weighted by atomic mass is 35.5. The minimum Gasteiger partial charge on any atom is -0.381 e. The molecule has 21 heavy (non-hydrogen) atoms. The predicted octanol–water partition coefficient (Wildman–Crippen LogP) is 2.52. The Morgan fingerprint density at radius 3 is 2.48 bits per heavy atom. The van der Waals surface area contributed by atoms with Crippen molar-refractivity contribution in [2.75, 3.05) is 19.8 Å². The van der Waals surface area contributed by atoms with Crippen molar-refractivity contribution >= 4 is 29.0 Å². The van der Waals surface area contributed by atoms with Crippen LogP contribution < -0.4 is 0 Å². The van der Waals surface area contributed by atoms with Crippen LogP contribution in [0.4, 0.5) is 0 Å². The van der Waals surface area contributed by atoms with E-state index in [-0.39, 0.29) is 11.8 Å². The molecule has 1 saturated heterocycles. The number of ether oxygens (including phenoxy) is 1. The van der Waals surface area contributed by atoms with Gasteiger partial charge in [0.2, 0.25) is 0 Å². The lowest BCUT2D eigenvalue weighted by Gasteiger charge is -2.26. The van der Waals surface area contributed by atoms with Gasteiger partial charge in [0.05, 0.1) is 5.57 Å². The van der Waals surface area contributed by atoms with Crippen molar-refractivity contribution in [1.29, 1.82) is 0 Å². The van der Waals surface area contributed by atoms with E-state index in [0.717, 1.165) is 18.4 Å². The van der Waals surface area contributed by atoms with Gasteiger partial charge in [0, 0.05) is 30.9 Å². The molecule has 4 nitrogen and oxygen atoms in total. The maximum absolute atomic E-state index is 12.4. The van der Waals surface area contributed by atoms with Gasteiger partial charge in [-0.05, 0) is 36.5 Å². The number of nitrogens with zero attached hydrogens (tertiary/aromatic N) is 1. The molecule has 0 radical (unpaired) electrons. The summed E-state index contributed by atoms with van der Waals surface area (Å²) in [4.78, 5) is 25.9. The molecule has 110 valence electrons. The molecule has 0 aliphatic carbocycles. The predicted molar refractivity (Wildman–Crippen MR) is 79.7 cm³/mol. The fourth-order valence-electron chi connectivity index (χ4n) is 2.70. The lowest BCUT2D eigenvalue weighted by Crippen LogP contribution is -2.37. The molecule has 2 aliphatic rings. The van der Waals surface area contributed by atoms with E-state index in [0.29, 0.717) is 36.3 Å². The molecule has 1 aromatic rings. The molecule has 3 rings (SSSR count). The van der Waals surface area contributed by atoms with Crippen LogP contribution in [0.15, 0.2) is 30.3 Å². The number of carbonyl (C=O) groups excluding carboxylic acids is 2. The lowest BCUT2D eigenvalue weighted by molar-refractivity contribution is -0.137. The summed E-state index contributed by atoms with van der Waals surface area (Å²) < 4.78 is 5.31. The molecule has 2 amide bonds. The molecule has 0 spiro atoms. The van der Waals surface area contributed by atoms with E-state index < -0.39 is 0 Å². The number of benzene rings is 1. The quantitative estimate of drug-likeness (QED) is 0.806. The summed E-state index contributed by atoms with van der Waals surface area (Å²) in [6, 6.07) is 6.96. The fraction of sp³-hybridized carbons (Fsp3) is 0.375. The highest BCUT2D eigenvalue weighted by molar-refractivity contribution is 6.34. The summed E-state index contributed by atoms with van der Waals surface area (Å²) in [6.45, 7) is 1.89. The first-order valence-electron chi connectivity index (χ1n) is 7.06. The summed E-state index contributed by atoms with van der Waals surface area (Å²) in [5, 5.41) is 0.607. The van der Waals surface area contributed by atoms with Crippen molar-refractivity contribution in [2.45, 2.75) is 12.8 Å². The molecule has 2 heterocycles. The standard InChI is InChI=1S/C16H16ClNO3/c17-13-3-1-12(2-4-13)14-9-15(19)18(16(14)20)10-11-5-7-21-8-6-11/h1-4,9,11H,5-8,10H2. The zero-order valence-electron chi connectivity index (χ0n) is 11.5. The van der Waals surface area contributed by atoms with Crippen LogP contribution in [0.5, 0.6) is 0 Å². The fourth-order valence-corrected chi connectivity index (χ4v) is 2.83. The average molecular weight is 306 g/mol. The Morgan fingerprint density at radius 1 is 1.14 bits per heavy atom. The summed E-state index contributed by atoms with van der Waals surface area (Å²) in [6.07, 6.45) is 3.21. The minimum atomic E-state index is -0.226. The second-order valence-corrected chi connectivity index (χ2v) is 5.81. The third-order valence-electron chi connectivity index (χ3n) is 3.95. The number of carbonyl (C=O) groups is 2.